The van der Waals surface area contributed by atoms with Crippen molar-refractivity contribution in [2.24, 2.45) is 0 Å². The number of hydrogen-bond acceptors (Lipinski definition) is 5. The van der Waals surface area contributed by atoms with E-state index in [1.54, 1.807) is 24.3 Å². The lowest BCUT2D eigenvalue weighted by molar-refractivity contribution is -0.117. The van der Waals surface area contributed by atoms with Crippen molar-refractivity contribution >= 4 is 33.2 Å². The van der Waals surface area contributed by atoms with E-state index < -0.39 is 10.0 Å². The fourth-order valence-electron chi connectivity index (χ4n) is 3.66. The summed E-state index contributed by atoms with van der Waals surface area (Å²) in [5, 5.41) is 3.37. The number of ether oxygens (including phenoxy) is 1. The predicted octanol–water partition coefficient (Wildman–Crippen LogP) is 3.86. The molecular formula is C25H26ClN3O4S. The largest absolute Gasteiger partial charge is 0.489 e. The Morgan fingerprint density at radius 1 is 0.882 bits per heavy atom. The maximum absolute atomic E-state index is 12.8. The van der Waals surface area contributed by atoms with E-state index in [4.69, 9.17) is 16.3 Å². The maximum Gasteiger partial charge on any atom is 0.243 e. The van der Waals surface area contributed by atoms with Gasteiger partial charge < -0.3 is 10.1 Å². The molecule has 1 aliphatic rings. The second kappa shape index (κ2) is 11.0. The van der Waals surface area contributed by atoms with Crippen molar-refractivity contribution < 1.29 is 17.9 Å². The van der Waals surface area contributed by atoms with Crippen LogP contribution in [0.15, 0.2) is 83.8 Å². The molecule has 0 atom stereocenters. The summed E-state index contributed by atoms with van der Waals surface area (Å²) in [6.45, 7) is 2.28. The predicted molar refractivity (Wildman–Crippen MR) is 132 cm³/mol. The lowest BCUT2D eigenvalue weighted by Crippen LogP contribution is -2.50. The van der Waals surface area contributed by atoms with Crippen LogP contribution in [0.3, 0.4) is 0 Å². The Bertz CT molecular complexity index is 1200. The van der Waals surface area contributed by atoms with Crippen molar-refractivity contribution in [3.05, 3.63) is 89.4 Å². The monoisotopic (exact) mass is 499 g/mol. The molecule has 0 spiro atoms. The molecule has 0 saturated carbocycles. The SMILES string of the molecule is O=C(CN1CCN(S(=O)(=O)c2ccc(Cl)cc2)CC1)Nc1ccc(OCc2ccccc2)cc1. The third kappa shape index (κ3) is 6.36. The highest BCUT2D eigenvalue weighted by atomic mass is 35.5. The molecule has 1 heterocycles. The minimum atomic E-state index is -3.57. The number of benzene rings is 3. The minimum Gasteiger partial charge on any atom is -0.489 e. The minimum absolute atomic E-state index is 0.146. The first-order valence-corrected chi connectivity index (χ1v) is 12.8. The van der Waals surface area contributed by atoms with Crippen LogP contribution in [-0.2, 0) is 21.4 Å². The molecule has 0 radical (unpaired) electrons. The van der Waals surface area contributed by atoms with Crippen molar-refractivity contribution in [1.29, 1.82) is 0 Å². The molecular weight excluding hydrogens is 474 g/mol. The Morgan fingerprint density at radius 2 is 1.53 bits per heavy atom. The molecule has 178 valence electrons. The third-order valence-corrected chi connectivity index (χ3v) is 7.70. The van der Waals surface area contributed by atoms with Crippen LogP contribution >= 0.6 is 11.6 Å². The van der Waals surface area contributed by atoms with E-state index >= 15 is 0 Å². The summed E-state index contributed by atoms with van der Waals surface area (Å²) in [5.74, 6) is 0.576. The fourth-order valence-corrected chi connectivity index (χ4v) is 5.21. The van der Waals surface area contributed by atoms with Crippen LogP contribution < -0.4 is 10.1 Å². The second-order valence-electron chi connectivity index (χ2n) is 7.98. The number of piperazine rings is 1. The van der Waals surface area contributed by atoms with Gasteiger partial charge in [0, 0.05) is 36.9 Å². The molecule has 1 saturated heterocycles. The van der Waals surface area contributed by atoms with Gasteiger partial charge >= 0.3 is 0 Å². The molecule has 0 bridgehead atoms. The van der Waals surface area contributed by atoms with E-state index in [1.807, 2.05) is 47.4 Å². The summed E-state index contributed by atoms with van der Waals surface area (Å²) in [5.41, 5.74) is 1.77. The van der Waals surface area contributed by atoms with Gasteiger partial charge in [-0.15, -0.1) is 0 Å². The Labute approximate surface area is 205 Å². The second-order valence-corrected chi connectivity index (χ2v) is 10.4. The summed E-state index contributed by atoms with van der Waals surface area (Å²) in [4.78, 5) is 14.6. The van der Waals surface area contributed by atoms with Crippen molar-refractivity contribution in [3.63, 3.8) is 0 Å². The van der Waals surface area contributed by atoms with E-state index in [2.05, 4.69) is 5.32 Å². The van der Waals surface area contributed by atoms with Gasteiger partial charge in [0.25, 0.3) is 0 Å². The van der Waals surface area contributed by atoms with Crippen LogP contribution in [0.4, 0.5) is 5.69 Å². The molecule has 0 aromatic heterocycles. The molecule has 4 rings (SSSR count). The quantitative estimate of drug-likeness (QED) is 0.509. The average molecular weight is 500 g/mol. The highest BCUT2D eigenvalue weighted by Crippen LogP contribution is 2.20. The number of carbonyl (C=O) groups excluding carboxylic acids is 1. The summed E-state index contributed by atoms with van der Waals surface area (Å²) in [6, 6.07) is 23.3. The highest BCUT2D eigenvalue weighted by molar-refractivity contribution is 7.89. The number of halogens is 1. The van der Waals surface area contributed by atoms with Gasteiger partial charge in [-0.1, -0.05) is 41.9 Å². The van der Waals surface area contributed by atoms with E-state index in [0.29, 0.717) is 43.5 Å². The lowest BCUT2D eigenvalue weighted by Gasteiger charge is -2.33. The van der Waals surface area contributed by atoms with E-state index in [-0.39, 0.29) is 17.3 Å². The number of anilines is 1. The summed E-state index contributed by atoms with van der Waals surface area (Å²) < 4.78 is 32.8. The molecule has 1 fully saturated rings. The Hall–Kier alpha value is -2.91. The van der Waals surface area contributed by atoms with Gasteiger partial charge in [0.2, 0.25) is 15.9 Å². The topological polar surface area (TPSA) is 79.0 Å². The zero-order chi connectivity index (χ0) is 24.0. The Balaban J connectivity index is 1.23. The maximum atomic E-state index is 12.8. The van der Waals surface area contributed by atoms with Crippen LogP contribution in [-0.4, -0.2) is 56.3 Å². The normalized spacial score (nSPS) is 15.1. The van der Waals surface area contributed by atoms with Gasteiger partial charge in [-0.2, -0.15) is 4.31 Å². The van der Waals surface area contributed by atoms with Crippen LogP contribution in [0, 0.1) is 0 Å². The lowest BCUT2D eigenvalue weighted by atomic mass is 10.2. The van der Waals surface area contributed by atoms with Crippen LogP contribution in [0.2, 0.25) is 5.02 Å². The first-order chi connectivity index (χ1) is 16.4. The van der Waals surface area contributed by atoms with E-state index in [9.17, 15) is 13.2 Å². The Kier molecular flexibility index (Phi) is 7.84. The first kappa shape index (κ1) is 24.2. The number of rotatable bonds is 8. The number of amides is 1. The number of nitrogens with zero attached hydrogens (tertiary/aromatic N) is 2. The van der Waals surface area contributed by atoms with Crippen LogP contribution in [0.5, 0.6) is 5.75 Å². The van der Waals surface area contributed by atoms with Crippen LogP contribution in [0.25, 0.3) is 0 Å². The smallest absolute Gasteiger partial charge is 0.243 e. The van der Waals surface area contributed by atoms with Crippen LogP contribution in [0.1, 0.15) is 5.56 Å². The molecule has 9 heteroatoms. The number of hydrogen-bond donors (Lipinski definition) is 1. The summed E-state index contributed by atoms with van der Waals surface area (Å²) in [6.07, 6.45) is 0. The van der Waals surface area contributed by atoms with Crippen molar-refractivity contribution in [1.82, 2.24) is 9.21 Å². The molecule has 1 amide bonds. The zero-order valence-corrected chi connectivity index (χ0v) is 20.1. The van der Waals surface area contributed by atoms with Gasteiger partial charge in [0.15, 0.2) is 0 Å². The molecule has 7 nitrogen and oxygen atoms in total. The first-order valence-electron chi connectivity index (χ1n) is 10.9. The zero-order valence-electron chi connectivity index (χ0n) is 18.6. The third-order valence-electron chi connectivity index (χ3n) is 5.54. The standard InChI is InChI=1S/C25H26ClN3O4S/c26-21-6-12-24(13-7-21)34(31,32)29-16-14-28(15-17-29)18-25(30)27-22-8-10-23(11-9-22)33-19-20-4-2-1-3-5-20/h1-13H,14-19H2,(H,27,30). The van der Waals surface area contributed by atoms with Gasteiger partial charge in [0.05, 0.1) is 11.4 Å². The number of carbonyl (C=O) groups is 1. The number of nitrogens with one attached hydrogen (secondary N) is 1. The van der Waals surface area contributed by atoms with Crippen molar-refractivity contribution in [2.45, 2.75) is 11.5 Å². The van der Waals surface area contributed by atoms with Crippen molar-refractivity contribution in [3.8, 4) is 5.75 Å². The van der Waals surface area contributed by atoms with E-state index in [1.165, 1.54) is 16.4 Å². The molecule has 3 aromatic carbocycles. The number of sulfonamides is 1. The average Bonchev–Trinajstić information content (AvgIpc) is 2.85. The van der Waals surface area contributed by atoms with Crippen molar-refractivity contribution in [2.75, 3.05) is 38.0 Å². The molecule has 34 heavy (non-hydrogen) atoms. The van der Waals surface area contributed by atoms with E-state index in [0.717, 1.165) is 11.3 Å². The highest BCUT2D eigenvalue weighted by Gasteiger charge is 2.29. The molecule has 0 aliphatic carbocycles. The fraction of sp³-hybridized carbons (Fsp3) is 0.240. The molecule has 3 aromatic rings. The molecule has 1 aliphatic heterocycles. The van der Waals surface area contributed by atoms with Gasteiger partial charge in [0.1, 0.15) is 12.4 Å². The Morgan fingerprint density at radius 3 is 2.18 bits per heavy atom. The van der Waals surface area contributed by atoms with Gasteiger partial charge in [-0.25, -0.2) is 8.42 Å². The summed E-state index contributed by atoms with van der Waals surface area (Å²) in [7, 11) is -3.57. The summed E-state index contributed by atoms with van der Waals surface area (Å²) >= 11 is 5.86. The van der Waals surface area contributed by atoms with Gasteiger partial charge in [-0.3, -0.25) is 9.69 Å². The van der Waals surface area contributed by atoms with Gasteiger partial charge in [-0.05, 0) is 54.1 Å². The molecule has 0 unspecified atom stereocenters. The molecule has 1 N–H and O–H groups in total.